The Labute approximate surface area is 123 Å². The standard InChI is InChI=1S/C15H15FN2O2S/c16-13-5-1-2-6-14(13)18-21(19,20)15-7-3-4-11-10-17-9-8-12(11)15/h1-7,17-18H,8-10H2. The summed E-state index contributed by atoms with van der Waals surface area (Å²) in [4.78, 5) is 0.227. The zero-order chi connectivity index (χ0) is 14.9. The van der Waals surface area contributed by atoms with E-state index in [2.05, 4.69) is 10.0 Å². The molecule has 0 unspecified atom stereocenters. The molecule has 1 aliphatic rings. The molecular weight excluding hydrogens is 291 g/mol. The van der Waals surface area contributed by atoms with Gasteiger partial charge >= 0.3 is 0 Å². The Morgan fingerprint density at radius 1 is 1.10 bits per heavy atom. The van der Waals surface area contributed by atoms with E-state index in [0.29, 0.717) is 13.0 Å². The number of nitrogens with one attached hydrogen (secondary N) is 2. The summed E-state index contributed by atoms with van der Waals surface area (Å²) in [6, 6.07) is 10.9. The van der Waals surface area contributed by atoms with Gasteiger partial charge in [-0.15, -0.1) is 0 Å². The summed E-state index contributed by atoms with van der Waals surface area (Å²) in [5.74, 6) is -0.590. The van der Waals surface area contributed by atoms with Gasteiger partial charge < -0.3 is 5.32 Å². The van der Waals surface area contributed by atoms with Gasteiger partial charge in [-0.1, -0.05) is 24.3 Å². The number of fused-ring (bicyclic) bond motifs is 1. The third kappa shape index (κ3) is 2.77. The fourth-order valence-corrected chi connectivity index (χ4v) is 3.87. The summed E-state index contributed by atoms with van der Waals surface area (Å²) in [6.07, 6.45) is 0.643. The largest absolute Gasteiger partial charge is 0.312 e. The number of halogens is 1. The van der Waals surface area contributed by atoms with Crippen LogP contribution in [0.4, 0.5) is 10.1 Å². The lowest BCUT2D eigenvalue weighted by molar-refractivity contribution is 0.592. The molecule has 0 saturated carbocycles. The number of para-hydroxylation sites is 1. The van der Waals surface area contributed by atoms with Crippen molar-refractivity contribution < 1.29 is 12.8 Å². The van der Waals surface area contributed by atoms with Gasteiger partial charge in [-0.25, -0.2) is 12.8 Å². The zero-order valence-electron chi connectivity index (χ0n) is 11.3. The van der Waals surface area contributed by atoms with Crippen LogP contribution >= 0.6 is 0 Å². The van der Waals surface area contributed by atoms with Gasteiger partial charge in [-0.05, 0) is 42.3 Å². The van der Waals surface area contributed by atoms with Gasteiger partial charge in [0.25, 0.3) is 10.0 Å². The number of benzene rings is 2. The topological polar surface area (TPSA) is 58.2 Å². The third-order valence-electron chi connectivity index (χ3n) is 3.50. The van der Waals surface area contributed by atoms with Gasteiger partial charge in [-0.3, -0.25) is 4.72 Å². The summed E-state index contributed by atoms with van der Waals surface area (Å²) in [6.45, 7) is 1.39. The molecular formula is C15H15FN2O2S. The van der Waals surface area contributed by atoms with Crippen molar-refractivity contribution in [3.8, 4) is 0 Å². The van der Waals surface area contributed by atoms with Gasteiger partial charge in [0.2, 0.25) is 0 Å². The van der Waals surface area contributed by atoms with Gasteiger partial charge in [0.05, 0.1) is 10.6 Å². The van der Waals surface area contributed by atoms with E-state index in [1.807, 2.05) is 6.07 Å². The molecule has 0 amide bonds. The van der Waals surface area contributed by atoms with E-state index in [1.165, 1.54) is 18.2 Å². The lowest BCUT2D eigenvalue weighted by atomic mass is 10.0. The molecule has 0 radical (unpaired) electrons. The molecule has 6 heteroatoms. The van der Waals surface area contributed by atoms with Crippen LogP contribution in [-0.2, 0) is 23.0 Å². The van der Waals surface area contributed by atoms with Crippen molar-refractivity contribution >= 4 is 15.7 Å². The first-order chi connectivity index (χ1) is 10.1. The maximum absolute atomic E-state index is 13.6. The third-order valence-corrected chi connectivity index (χ3v) is 4.96. The van der Waals surface area contributed by atoms with Crippen molar-refractivity contribution in [3.63, 3.8) is 0 Å². The molecule has 2 aromatic rings. The van der Waals surface area contributed by atoms with Crippen LogP contribution in [-0.4, -0.2) is 15.0 Å². The van der Waals surface area contributed by atoms with Crippen molar-refractivity contribution in [1.82, 2.24) is 5.32 Å². The predicted molar refractivity (Wildman–Crippen MR) is 79.1 cm³/mol. The summed E-state index contributed by atoms with van der Waals surface area (Å²) in [5, 5.41) is 3.20. The van der Waals surface area contributed by atoms with Gasteiger partial charge in [0.15, 0.2) is 0 Å². The Hall–Kier alpha value is -1.92. The molecule has 2 N–H and O–H groups in total. The van der Waals surface area contributed by atoms with Crippen LogP contribution in [0, 0.1) is 5.82 Å². The number of hydrogen-bond donors (Lipinski definition) is 2. The molecule has 4 nitrogen and oxygen atoms in total. The Morgan fingerprint density at radius 3 is 2.71 bits per heavy atom. The van der Waals surface area contributed by atoms with E-state index in [9.17, 15) is 12.8 Å². The monoisotopic (exact) mass is 306 g/mol. The summed E-state index contributed by atoms with van der Waals surface area (Å²) in [7, 11) is -3.80. The lowest BCUT2D eigenvalue weighted by Gasteiger charge is -2.20. The minimum Gasteiger partial charge on any atom is -0.312 e. The second-order valence-corrected chi connectivity index (χ2v) is 6.56. The van der Waals surface area contributed by atoms with E-state index in [-0.39, 0.29) is 10.6 Å². The molecule has 1 aliphatic heterocycles. The molecule has 1 heterocycles. The van der Waals surface area contributed by atoms with Crippen molar-refractivity contribution in [1.29, 1.82) is 0 Å². The highest BCUT2D eigenvalue weighted by atomic mass is 32.2. The molecule has 0 fully saturated rings. The fourth-order valence-electron chi connectivity index (χ4n) is 2.49. The summed E-state index contributed by atoms with van der Waals surface area (Å²) >= 11 is 0. The second kappa shape index (κ2) is 5.46. The van der Waals surface area contributed by atoms with Crippen molar-refractivity contribution in [2.24, 2.45) is 0 Å². The molecule has 21 heavy (non-hydrogen) atoms. The highest BCUT2D eigenvalue weighted by Crippen LogP contribution is 2.25. The van der Waals surface area contributed by atoms with Crippen LogP contribution in [0.3, 0.4) is 0 Å². The van der Waals surface area contributed by atoms with Gasteiger partial charge in [0, 0.05) is 6.54 Å². The second-order valence-electron chi connectivity index (χ2n) is 4.91. The smallest absolute Gasteiger partial charge is 0.262 e. The quantitative estimate of drug-likeness (QED) is 0.914. The van der Waals surface area contributed by atoms with Crippen LogP contribution in [0.2, 0.25) is 0 Å². The molecule has 2 aromatic carbocycles. The number of hydrogen-bond acceptors (Lipinski definition) is 3. The van der Waals surface area contributed by atoms with Crippen LogP contribution in [0.1, 0.15) is 11.1 Å². The van der Waals surface area contributed by atoms with Crippen molar-refractivity contribution in [2.75, 3.05) is 11.3 Å². The number of anilines is 1. The summed E-state index contributed by atoms with van der Waals surface area (Å²) < 4.78 is 41.0. The minimum atomic E-state index is -3.80. The molecule has 110 valence electrons. The average molecular weight is 306 g/mol. The van der Waals surface area contributed by atoms with Crippen LogP contribution in [0.15, 0.2) is 47.4 Å². The first-order valence-electron chi connectivity index (χ1n) is 6.67. The van der Waals surface area contributed by atoms with Crippen molar-refractivity contribution in [3.05, 3.63) is 59.4 Å². The maximum Gasteiger partial charge on any atom is 0.262 e. The van der Waals surface area contributed by atoms with Crippen LogP contribution in [0.5, 0.6) is 0 Å². The molecule has 0 aliphatic carbocycles. The Morgan fingerprint density at radius 2 is 1.90 bits per heavy atom. The fraction of sp³-hybridized carbons (Fsp3) is 0.200. The highest BCUT2D eigenvalue weighted by molar-refractivity contribution is 7.92. The Kier molecular flexibility index (Phi) is 3.65. The molecule has 0 saturated heterocycles. The molecule has 0 spiro atoms. The van der Waals surface area contributed by atoms with E-state index >= 15 is 0 Å². The van der Waals surface area contributed by atoms with E-state index in [4.69, 9.17) is 0 Å². The molecule has 0 aromatic heterocycles. The average Bonchev–Trinajstić information content (AvgIpc) is 2.49. The Bertz CT molecular complexity index is 775. The predicted octanol–water partition coefficient (Wildman–Crippen LogP) is 2.27. The first-order valence-corrected chi connectivity index (χ1v) is 8.15. The van der Waals surface area contributed by atoms with E-state index in [1.54, 1.807) is 18.2 Å². The highest BCUT2D eigenvalue weighted by Gasteiger charge is 2.23. The maximum atomic E-state index is 13.6. The zero-order valence-corrected chi connectivity index (χ0v) is 12.1. The number of rotatable bonds is 3. The SMILES string of the molecule is O=S(=O)(Nc1ccccc1F)c1cccc2c1CCNC2. The molecule has 3 rings (SSSR count). The number of sulfonamides is 1. The lowest BCUT2D eigenvalue weighted by Crippen LogP contribution is -2.26. The van der Waals surface area contributed by atoms with Gasteiger partial charge in [-0.2, -0.15) is 0 Å². The molecule has 0 atom stereocenters. The first kappa shape index (κ1) is 14.0. The van der Waals surface area contributed by atoms with E-state index < -0.39 is 15.8 Å². The van der Waals surface area contributed by atoms with Crippen molar-refractivity contribution in [2.45, 2.75) is 17.9 Å². The molecule has 0 bridgehead atoms. The van der Waals surface area contributed by atoms with Crippen LogP contribution in [0.25, 0.3) is 0 Å². The summed E-state index contributed by atoms with van der Waals surface area (Å²) in [5.41, 5.74) is 1.74. The van der Waals surface area contributed by atoms with Gasteiger partial charge in [0.1, 0.15) is 5.82 Å². The Balaban J connectivity index is 2.01. The van der Waals surface area contributed by atoms with E-state index in [0.717, 1.165) is 17.7 Å². The van der Waals surface area contributed by atoms with Crippen LogP contribution < -0.4 is 10.0 Å². The minimum absolute atomic E-state index is 0.0379. The normalized spacial score (nSPS) is 14.5.